The predicted molar refractivity (Wildman–Crippen MR) is 81.9 cm³/mol. The minimum Gasteiger partial charge on any atom is -0.459 e. The van der Waals surface area contributed by atoms with Crippen LogP contribution in [-0.2, 0) is 11.3 Å². The van der Waals surface area contributed by atoms with Crippen molar-refractivity contribution in [3.63, 3.8) is 0 Å². The third kappa shape index (κ3) is 3.28. The number of amides is 1. The van der Waals surface area contributed by atoms with Crippen LogP contribution in [0.4, 0.5) is 5.82 Å². The summed E-state index contributed by atoms with van der Waals surface area (Å²) in [6, 6.07) is 5.68. The highest BCUT2D eigenvalue weighted by molar-refractivity contribution is 5.92. The summed E-state index contributed by atoms with van der Waals surface area (Å²) < 4.78 is 10.5. The number of morpholine rings is 1. The van der Waals surface area contributed by atoms with Crippen molar-refractivity contribution in [3.05, 3.63) is 47.5 Å². The smallest absolute Gasteiger partial charge is 0.287 e. The Morgan fingerprint density at radius 3 is 2.91 bits per heavy atom. The zero-order valence-corrected chi connectivity index (χ0v) is 12.5. The van der Waals surface area contributed by atoms with Crippen molar-refractivity contribution >= 4 is 11.7 Å². The Labute approximate surface area is 129 Å². The molecule has 1 fully saturated rings. The number of hydrogen-bond acceptors (Lipinski definition) is 5. The molecule has 1 amide bonds. The van der Waals surface area contributed by atoms with Gasteiger partial charge in [-0.2, -0.15) is 0 Å². The molecule has 0 bridgehead atoms. The molecule has 1 saturated heterocycles. The van der Waals surface area contributed by atoms with Gasteiger partial charge in [0.2, 0.25) is 0 Å². The number of nitrogens with one attached hydrogen (secondary N) is 1. The molecule has 6 nitrogen and oxygen atoms in total. The fourth-order valence-electron chi connectivity index (χ4n) is 2.40. The van der Waals surface area contributed by atoms with Gasteiger partial charge in [-0.25, -0.2) is 4.98 Å². The van der Waals surface area contributed by atoms with Gasteiger partial charge in [0.05, 0.1) is 19.5 Å². The topological polar surface area (TPSA) is 67.6 Å². The summed E-state index contributed by atoms with van der Waals surface area (Å²) in [4.78, 5) is 18.6. The second kappa shape index (κ2) is 6.62. The number of pyridine rings is 1. The molecule has 0 aromatic carbocycles. The van der Waals surface area contributed by atoms with E-state index in [-0.39, 0.29) is 5.91 Å². The minimum atomic E-state index is -0.202. The SMILES string of the molecule is Cc1ccoc1C(=O)NCc1ccnc(N2CCOCC2)c1. The van der Waals surface area contributed by atoms with Crippen LogP contribution in [0.2, 0.25) is 0 Å². The highest BCUT2D eigenvalue weighted by Gasteiger charge is 2.14. The van der Waals surface area contributed by atoms with Crippen molar-refractivity contribution in [1.29, 1.82) is 0 Å². The van der Waals surface area contributed by atoms with E-state index >= 15 is 0 Å². The summed E-state index contributed by atoms with van der Waals surface area (Å²) in [5.41, 5.74) is 1.84. The van der Waals surface area contributed by atoms with E-state index in [2.05, 4.69) is 15.2 Å². The molecule has 22 heavy (non-hydrogen) atoms. The quantitative estimate of drug-likeness (QED) is 0.932. The van der Waals surface area contributed by atoms with Gasteiger partial charge in [0.15, 0.2) is 5.76 Å². The second-order valence-electron chi connectivity index (χ2n) is 5.24. The summed E-state index contributed by atoms with van der Waals surface area (Å²) in [5.74, 6) is 1.08. The number of anilines is 1. The van der Waals surface area contributed by atoms with Crippen LogP contribution < -0.4 is 10.2 Å². The maximum absolute atomic E-state index is 12.0. The van der Waals surface area contributed by atoms with Crippen molar-refractivity contribution in [3.8, 4) is 0 Å². The van der Waals surface area contributed by atoms with Crippen LogP contribution in [0.1, 0.15) is 21.7 Å². The average molecular weight is 301 g/mol. The monoisotopic (exact) mass is 301 g/mol. The van der Waals surface area contributed by atoms with E-state index in [0.29, 0.717) is 12.3 Å². The summed E-state index contributed by atoms with van der Waals surface area (Å²) in [7, 11) is 0. The van der Waals surface area contributed by atoms with E-state index in [1.807, 2.05) is 19.1 Å². The minimum absolute atomic E-state index is 0.202. The molecule has 0 aliphatic carbocycles. The van der Waals surface area contributed by atoms with Crippen LogP contribution in [0.25, 0.3) is 0 Å². The average Bonchev–Trinajstić information content (AvgIpc) is 3.00. The van der Waals surface area contributed by atoms with Crippen molar-refractivity contribution in [2.24, 2.45) is 0 Å². The normalized spacial score (nSPS) is 14.9. The molecule has 2 aromatic rings. The third-order valence-electron chi connectivity index (χ3n) is 3.67. The lowest BCUT2D eigenvalue weighted by Gasteiger charge is -2.28. The maximum atomic E-state index is 12.0. The van der Waals surface area contributed by atoms with Crippen molar-refractivity contribution < 1.29 is 13.9 Å². The van der Waals surface area contributed by atoms with Gasteiger partial charge < -0.3 is 19.4 Å². The zero-order valence-electron chi connectivity index (χ0n) is 12.5. The van der Waals surface area contributed by atoms with Crippen LogP contribution in [0, 0.1) is 6.92 Å². The Morgan fingerprint density at radius 2 is 2.18 bits per heavy atom. The summed E-state index contributed by atoms with van der Waals surface area (Å²) in [6.07, 6.45) is 3.29. The molecule has 2 aromatic heterocycles. The number of furan rings is 1. The molecule has 0 radical (unpaired) electrons. The van der Waals surface area contributed by atoms with Crippen LogP contribution in [0.5, 0.6) is 0 Å². The molecule has 0 atom stereocenters. The first kappa shape index (κ1) is 14.6. The lowest BCUT2D eigenvalue weighted by atomic mass is 10.2. The maximum Gasteiger partial charge on any atom is 0.287 e. The molecular weight excluding hydrogens is 282 g/mol. The number of rotatable bonds is 4. The van der Waals surface area contributed by atoms with Gasteiger partial charge >= 0.3 is 0 Å². The van der Waals surface area contributed by atoms with Crippen molar-refractivity contribution in [1.82, 2.24) is 10.3 Å². The molecule has 1 aliphatic heterocycles. The Morgan fingerprint density at radius 1 is 1.36 bits per heavy atom. The number of carbonyl (C=O) groups is 1. The highest BCUT2D eigenvalue weighted by atomic mass is 16.5. The molecule has 1 N–H and O–H groups in total. The number of nitrogens with zero attached hydrogens (tertiary/aromatic N) is 2. The first-order valence-corrected chi connectivity index (χ1v) is 7.34. The Bertz CT molecular complexity index is 648. The fourth-order valence-corrected chi connectivity index (χ4v) is 2.40. The number of aryl methyl sites for hydroxylation is 1. The van der Waals surface area contributed by atoms with Gasteiger partial charge in [-0.1, -0.05) is 0 Å². The Hall–Kier alpha value is -2.34. The first-order chi connectivity index (χ1) is 10.7. The predicted octanol–water partition coefficient (Wildman–Crippen LogP) is 1.75. The van der Waals surface area contributed by atoms with E-state index in [1.165, 1.54) is 6.26 Å². The third-order valence-corrected chi connectivity index (χ3v) is 3.67. The second-order valence-corrected chi connectivity index (χ2v) is 5.24. The fraction of sp³-hybridized carbons (Fsp3) is 0.375. The van der Waals surface area contributed by atoms with Gasteiger partial charge in [0.25, 0.3) is 5.91 Å². The number of carbonyl (C=O) groups excluding carboxylic acids is 1. The molecule has 0 unspecified atom stereocenters. The van der Waals surface area contributed by atoms with Crippen LogP contribution in [-0.4, -0.2) is 37.2 Å². The van der Waals surface area contributed by atoms with E-state index in [4.69, 9.17) is 9.15 Å². The lowest BCUT2D eigenvalue weighted by Crippen LogP contribution is -2.36. The van der Waals surface area contributed by atoms with Gasteiger partial charge in [-0.15, -0.1) is 0 Å². The molecule has 6 heteroatoms. The van der Waals surface area contributed by atoms with E-state index in [0.717, 1.165) is 43.2 Å². The standard InChI is InChI=1S/C16H19N3O3/c1-12-3-7-22-15(12)16(20)18-11-13-2-4-17-14(10-13)19-5-8-21-9-6-19/h2-4,7,10H,5-6,8-9,11H2,1H3,(H,18,20). The summed E-state index contributed by atoms with van der Waals surface area (Å²) in [6.45, 7) is 5.42. The first-order valence-electron chi connectivity index (χ1n) is 7.34. The number of aromatic nitrogens is 1. The zero-order chi connectivity index (χ0) is 15.4. The van der Waals surface area contributed by atoms with Gasteiger partial charge in [0, 0.05) is 31.4 Å². The highest BCUT2D eigenvalue weighted by Crippen LogP contribution is 2.14. The van der Waals surface area contributed by atoms with Crippen LogP contribution in [0.15, 0.2) is 35.1 Å². The largest absolute Gasteiger partial charge is 0.459 e. The molecule has 1 aliphatic rings. The Balaban J connectivity index is 1.63. The molecule has 0 saturated carbocycles. The molecule has 116 valence electrons. The van der Waals surface area contributed by atoms with Crippen molar-refractivity contribution in [2.45, 2.75) is 13.5 Å². The lowest BCUT2D eigenvalue weighted by molar-refractivity contribution is 0.0922. The van der Waals surface area contributed by atoms with Crippen LogP contribution >= 0.6 is 0 Å². The summed E-state index contributed by atoms with van der Waals surface area (Å²) in [5, 5.41) is 2.87. The van der Waals surface area contributed by atoms with Gasteiger partial charge in [0.1, 0.15) is 5.82 Å². The number of hydrogen-bond donors (Lipinski definition) is 1. The molecular formula is C16H19N3O3. The van der Waals surface area contributed by atoms with Gasteiger partial charge in [-0.05, 0) is 30.7 Å². The summed E-state index contributed by atoms with van der Waals surface area (Å²) >= 11 is 0. The Kier molecular flexibility index (Phi) is 4.39. The molecule has 0 spiro atoms. The number of ether oxygens (including phenoxy) is 1. The van der Waals surface area contributed by atoms with Crippen molar-refractivity contribution in [2.75, 3.05) is 31.2 Å². The molecule has 3 heterocycles. The van der Waals surface area contributed by atoms with Crippen LogP contribution in [0.3, 0.4) is 0 Å². The van der Waals surface area contributed by atoms with Gasteiger partial charge in [-0.3, -0.25) is 4.79 Å². The van der Waals surface area contributed by atoms with E-state index in [9.17, 15) is 4.79 Å². The van der Waals surface area contributed by atoms with E-state index < -0.39 is 0 Å². The molecule has 3 rings (SSSR count). The van der Waals surface area contributed by atoms with E-state index in [1.54, 1.807) is 12.3 Å².